The summed E-state index contributed by atoms with van der Waals surface area (Å²) in [5.41, 5.74) is 1.22. The van der Waals surface area contributed by atoms with Crippen molar-refractivity contribution in [3.05, 3.63) is 28.7 Å². The molecule has 0 spiro atoms. The first-order valence-corrected chi connectivity index (χ1v) is 5.74. The van der Waals surface area contributed by atoms with E-state index in [-0.39, 0.29) is 0 Å². The van der Waals surface area contributed by atoms with Gasteiger partial charge in [-0.05, 0) is 44.3 Å². The fourth-order valence-electron chi connectivity index (χ4n) is 1.83. The molecule has 76 valence electrons. The number of likely N-dealkylation sites (N-methyl/N-ethyl adjacent to an activating group) is 1. The van der Waals surface area contributed by atoms with Gasteiger partial charge >= 0.3 is 0 Å². The summed E-state index contributed by atoms with van der Waals surface area (Å²) < 4.78 is 1.13. The SMILES string of the molecule is CN1CCC(Nc2ccc(Br)cc2)C1. The Morgan fingerprint density at radius 1 is 1.36 bits per heavy atom. The number of benzene rings is 1. The second-order valence-corrected chi connectivity index (χ2v) is 4.81. The summed E-state index contributed by atoms with van der Waals surface area (Å²) >= 11 is 3.43. The molecule has 0 radical (unpaired) electrons. The molecule has 1 aliphatic heterocycles. The maximum atomic E-state index is 3.54. The molecular weight excluding hydrogens is 240 g/mol. The number of nitrogens with one attached hydrogen (secondary N) is 1. The van der Waals surface area contributed by atoms with Gasteiger partial charge in [-0.15, -0.1) is 0 Å². The van der Waals surface area contributed by atoms with Crippen LogP contribution in [-0.2, 0) is 0 Å². The summed E-state index contributed by atoms with van der Waals surface area (Å²) in [4.78, 5) is 2.36. The fraction of sp³-hybridized carbons (Fsp3) is 0.455. The van der Waals surface area contributed by atoms with Crippen molar-refractivity contribution >= 4 is 21.6 Å². The summed E-state index contributed by atoms with van der Waals surface area (Å²) in [7, 11) is 2.17. The molecule has 0 amide bonds. The van der Waals surface area contributed by atoms with Gasteiger partial charge in [0, 0.05) is 22.7 Å². The van der Waals surface area contributed by atoms with Gasteiger partial charge in [0.15, 0.2) is 0 Å². The van der Waals surface area contributed by atoms with Crippen molar-refractivity contribution in [2.45, 2.75) is 12.5 Å². The topological polar surface area (TPSA) is 15.3 Å². The Balaban J connectivity index is 1.94. The van der Waals surface area contributed by atoms with Crippen molar-refractivity contribution in [1.82, 2.24) is 4.90 Å². The minimum atomic E-state index is 0.612. The highest BCUT2D eigenvalue weighted by Crippen LogP contribution is 2.17. The van der Waals surface area contributed by atoms with Crippen molar-refractivity contribution in [2.24, 2.45) is 0 Å². The highest BCUT2D eigenvalue weighted by molar-refractivity contribution is 9.10. The predicted molar refractivity (Wildman–Crippen MR) is 63.7 cm³/mol. The quantitative estimate of drug-likeness (QED) is 0.873. The lowest BCUT2D eigenvalue weighted by Gasteiger charge is -2.14. The molecule has 1 saturated heterocycles. The van der Waals surface area contributed by atoms with Crippen molar-refractivity contribution in [2.75, 3.05) is 25.5 Å². The van der Waals surface area contributed by atoms with Crippen LogP contribution in [0.1, 0.15) is 6.42 Å². The standard InChI is InChI=1S/C11H15BrN2/c1-14-7-6-11(8-14)13-10-4-2-9(12)3-5-10/h2-5,11,13H,6-8H2,1H3. The molecule has 1 atom stereocenters. The van der Waals surface area contributed by atoms with E-state index in [0.29, 0.717) is 6.04 Å². The maximum absolute atomic E-state index is 3.54. The minimum Gasteiger partial charge on any atom is -0.381 e. The summed E-state index contributed by atoms with van der Waals surface area (Å²) in [6, 6.07) is 8.98. The Morgan fingerprint density at radius 2 is 2.07 bits per heavy atom. The minimum absolute atomic E-state index is 0.612. The molecule has 14 heavy (non-hydrogen) atoms. The first kappa shape index (κ1) is 9.99. The predicted octanol–water partition coefficient (Wildman–Crippen LogP) is 2.57. The first-order chi connectivity index (χ1) is 6.74. The Kier molecular flexibility index (Phi) is 3.08. The van der Waals surface area contributed by atoms with Crippen LogP contribution >= 0.6 is 15.9 Å². The molecule has 2 rings (SSSR count). The largest absolute Gasteiger partial charge is 0.381 e. The van der Waals surface area contributed by atoms with E-state index in [9.17, 15) is 0 Å². The van der Waals surface area contributed by atoms with Gasteiger partial charge in [-0.3, -0.25) is 0 Å². The third-order valence-corrected chi connectivity index (χ3v) is 3.14. The lowest BCUT2D eigenvalue weighted by Crippen LogP contribution is -2.23. The number of likely N-dealkylation sites (tertiary alicyclic amines) is 1. The van der Waals surface area contributed by atoms with Crippen molar-refractivity contribution in [3.63, 3.8) is 0 Å². The van der Waals surface area contributed by atoms with Crippen LogP contribution in [0.15, 0.2) is 28.7 Å². The zero-order chi connectivity index (χ0) is 9.97. The lowest BCUT2D eigenvalue weighted by molar-refractivity contribution is 0.414. The van der Waals surface area contributed by atoms with E-state index < -0.39 is 0 Å². The van der Waals surface area contributed by atoms with Gasteiger partial charge in [0.05, 0.1) is 0 Å². The van der Waals surface area contributed by atoms with Crippen LogP contribution in [0.2, 0.25) is 0 Å². The molecule has 0 aromatic heterocycles. The maximum Gasteiger partial charge on any atom is 0.0400 e. The Hall–Kier alpha value is -0.540. The van der Waals surface area contributed by atoms with Gasteiger partial charge in [0.1, 0.15) is 0 Å². The van der Waals surface area contributed by atoms with Gasteiger partial charge in [-0.1, -0.05) is 15.9 Å². The monoisotopic (exact) mass is 254 g/mol. The van der Waals surface area contributed by atoms with Crippen LogP contribution in [0.3, 0.4) is 0 Å². The fourth-order valence-corrected chi connectivity index (χ4v) is 2.10. The van der Waals surface area contributed by atoms with E-state index in [1.54, 1.807) is 0 Å². The molecule has 1 N–H and O–H groups in total. The van der Waals surface area contributed by atoms with Crippen molar-refractivity contribution < 1.29 is 0 Å². The molecule has 1 aromatic carbocycles. The van der Waals surface area contributed by atoms with Gasteiger partial charge in [0.25, 0.3) is 0 Å². The third-order valence-electron chi connectivity index (χ3n) is 2.61. The van der Waals surface area contributed by atoms with Gasteiger partial charge in [-0.25, -0.2) is 0 Å². The van der Waals surface area contributed by atoms with Crippen LogP contribution in [0.25, 0.3) is 0 Å². The van der Waals surface area contributed by atoms with Crippen LogP contribution in [-0.4, -0.2) is 31.1 Å². The Labute approximate surface area is 93.4 Å². The van der Waals surface area contributed by atoms with Crippen LogP contribution < -0.4 is 5.32 Å². The number of hydrogen-bond acceptors (Lipinski definition) is 2. The zero-order valence-electron chi connectivity index (χ0n) is 8.33. The molecule has 2 nitrogen and oxygen atoms in total. The van der Waals surface area contributed by atoms with E-state index in [2.05, 4.69) is 57.5 Å². The molecule has 1 heterocycles. The Bertz CT molecular complexity index is 297. The van der Waals surface area contributed by atoms with Gasteiger partial charge < -0.3 is 10.2 Å². The molecule has 0 bridgehead atoms. The number of halogens is 1. The normalized spacial score (nSPS) is 22.6. The lowest BCUT2D eigenvalue weighted by atomic mass is 10.2. The highest BCUT2D eigenvalue weighted by atomic mass is 79.9. The zero-order valence-corrected chi connectivity index (χ0v) is 9.92. The molecule has 3 heteroatoms. The van der Waals surface area contributed by atoms with E-state index in [4.69, 9.17) is 0 Å². The van der Waals surface area contributed by atoms with E-state index in [1.165, 1.54) is 18.7 Å². The summed E-state index contributed by atoms with van der Waals surface area (Å²) in [6.45, 7) is 2.35. The van der Waals surface area contributed by atoms with E-state index >= 15 is 0 Å². The highest BCUT2D eigenvalue weighted by Gasteiger charge is 2.18. The van der Waals surface area contributed by atoms with E-state index in [1.807, 2.05) is 0 Å². The molecule has 1 aromatic rings. The first-order valence-electron chi connectivity index (χ1n) is 4.95. The number of anilines is 1. The smallest absolute Gasteiger partial charge is 0.0400 e. The van der Waals surface area contributed by atoms with Crippen LogP contribution in [0.4, 0.5) is 5.69 Å². The van der Waals surface area contributed by atoms with Gasteiger partial charge in [0.2, 0.25) is 0 Å². The molecule has 1 unspecified atom stereocenters. The van der Waals surface area contributed by atoms with Crippen molar-refractivity contribution in [3.8, 4) is 0 Å². The second kappa shape index (κ2) is 4.32. The number of hydrogen-bond donors (Lipinski definition) is 1. The van der Waals surface area contributed by atoms with Gasteiger partial charge in [-0.2, -0.15) is 0 Å². The third kappa shape index (κ3) is 2.49. The summed E-state index contributed by atoms with van der Waals surface area (Å²) in [6.07, 6.45) is 1.24. The van der Waals surface area contributed by atoms with E-state index in [0.717, 1.165) is 11.0 Å². The molecular formula is C11H15BrN2. The van der Waals surface area contributed by atoms with Crippen molar-refractivity contribution in [1.29, 1.82) is 0 Å². The molecule has 1 aliphatic rings. The molecule has 0 aliphatic carbocycles. The Morgan fingerprint density at radius 3 is 2.64 bits per heavy atom. The molecule has 0 saturated carbocycles. The summed E-state index contributed by atoms with van der Waals surface area (Å²) in [5, 5.41) is 3.54. The van der Waals surface area contributed by atoms with Crippen LogP contribution in [0, 0.1) is 0 Å². The number of nitrogens with zero attached hydrogens (tertiary/aromatic N) is 1. The van der Waals surface area contributed by atoms with Crippen LogP contribution in [0.5, 0.6) is 0 Å². The summed E-state index contributed by atoms with van der Waals surface area (Å²) in [5.74, 6) is 0. The average molecular weight is 255 g/mol. The molecule has 1 fully saturated rings. The number of rotatable bonds is 2. The second-order valence-electron chi connectivity index (χ2n) is 3.90. The average Bonchev–Trinajstić information content (AvgIpc) is 2.56.